The predicted molar refractivity (Wildman–Crippen MR) is 51.4 cm³/mol. The molecule has 94 valence electrons. The molecule has 0 bridgehead atoms. The zero-order chi connectivity index (χ0) is 13.0. The van der Waals surface area contributed by atoms with Gasteiger partial charge in [-0.25, -0.2) is 0 Å². The van der Waals surface area contributed by atoms with E-state index in [0.717, 1.165) is 13.8 Å². The molecule has 0 N–H and O–H groups in total. The summed E-state index contributed by atoms with van der Waals surface area (Å²) in [6, 6.07) is 0. The highest BCUT2D eigenvalue weighted by Gasteiger charge is 2.56. The number of alkyl halides is 3. The molecule has 0 aliphatic carbocycles. The molecule has 3 nitrogen and oxygen atoms in total. The van der Waals surface area contributed by atoms with Crippen LogP contribution in [0, 0.1) is 5.41 Å². The average molecular weight is 261 g/mol. The van der Waals surface area contributed by atoms with Crippen LogP contribution < -0.4 is 0 Å². The zero-order valence-corrected chi connectivity index (χ0v) is 9.61. The molecular weight excluding hydrogens is 249 g/mol. The van der Waals surface area contributed by atoms with Crippen LogP contribution in [0.1, 0.15) is 13.8 Å². The fourth-order valence-corrected chi connectivity index (χ4v) is 1.37. The molecule has 0 saturated carbocycles. The number of halogens is 4. The highest BCUT2D eigenvalue weighted by atomic mass is 35.5. The van der Waals surface area contributed by atoms with Crippen LogP contribution in [-0.2, 0) is 14.3 Å². The molecule has 0 saturated heterocycles. The van der Waals surface area contributed by atoms with Crippen LogP contribution in [0.5, 0.6) is 0 Å². The van der Waals surface area contributed by atoms with Crippen LogP contribution in [0.4, 0.5) is 13.2 Å². The van der Waals surface area contributed by atoms with Crippen molar-refractivity contribution < 1.29 is 27.5 Å². The molecule has 0 aromatic carbocycles. The van der Waals surface area contributed by atoms with Crippen LogP contribution in [0.2, 0.25) is 0 Å². The van der Waals surface area contributed by atoms with Crippen molar-refractivity contribution >= 4 is 22.8 Å². The summed E-state index contributed by atoms with van der Waals surface area (Å²) in [7, 11) is 0. The van der Waals surface area contributed by atoms with E-state index in [9.17, 15) is 22.8 Å². The molecular formula is C9H12ClF3O3. The summed E-state index contributed by atoms with van der Waals surface area (Å²) in [6.45, 7) is -2.72. The zero-order valence-electron chi connectivity index (χ0n) is 8.86. The van der Waals surface area contributed by atoms with Crippen molar-refractivity contribution in [3.05, 3.63) is 0 Å². The van der Waals surface area contributed by atoms with E-state index in [2.05, 4.69) is 4.74 Å². The van der Waals surface area contributed by atoms with Crippen LogP contribution in [0.3, 0.4) is 0 Å². The maximum absolute atomic E-state index is 12.7. The van der Waals surface area contributed by atoms with E-state index in [1.807, 2.05) is 0 Å². The number of carbonyl (C=O) groups excluding carboxylic acids is 2. The van der Waals surface area contributed by atoms with Gasteiger partial charge in [-0.2, -0.15) is 0 Å². The minimum absolute atomic E-state index is 0.891. The summed E-state index contributed by atoms with van der Waals surface area (Å²) in [6.07, 6.45) is 0. The monoisotopic (exact) mass is 260 g/mol. The van der Waals surface area contributed by atoms with Gasteiger partial charge in [0.25, 0.3) is 5.24 Å². The summed E-state index contributed by atoms with van der Waals surface area (Å²) >= 11 is 5.13. The van der Waals surface area contributed by atoms with Gasteiger partial charge in [0, 0.05) is 6.92 Å². The first-order valence-electron chi connectivity index (χ1n) is 4.37. The van der Waals surface area contributed by atoms with Crippen molar-refractivity contribution in [1.82, 2.24) is 0 Å². The maximum atomic E-state index is 12.7. The molecule has 0 aliphatic heterocycles. The van der Waals surface area contributed by atoms with Gasteiger partial charge < -0.3 is 4.74 Å². The van der Waals surface area contributed by atoms with Gasteiger partial charge in [0.1, 0.15) is 25.4 Å². The van der Waals surface area contributed by atoms with E-state index in [4.69, 9.17) is 11.6 Å². The maximum Gasteiger partial charge on any atom is 0.303 e. The molecule has 0 aromatic rings. The van der Waals surface area contributed by atoms with E-state index in [1.54, 1.807) is 0 Å². The SMILES string of the molecule is CC(=O)O[C@](C)(C(=O)Cl)C(CF)(CF)CF. The van der Waals surface area contributed by atoms with E-state index >= 15 is 0 Å². The Hall–Kier alpha value is -0.780. The summed E-state index contributed by atoms with van der Waals surface area (Å²) < 4.78 is 42.7. The van der Waals surface area contributed by atoms with Gasteiger partial charge in [-0.05, 0) is 18.5 Å². The van der Waals surface area contributed by atoms with Crippen LogP contribution in [0.15, 0.2) is 0 Å². The van der Waals surface area contributed by atoms with Gasteiger partial charge in [-0.3, -0.25) is 22.8 Å². The third kappa shape index (κ3) is 2.48. The molecule has 16 heavy (non-hydrogen) atoms. The molecule has 0 spiro atoms. The number of hydrogen-bond donors (Lipinski definition) is 0. The fourth-order valence-electron chi connectivity index (χ4n) is 1.13. The number of ether oxygens (including phenoxy) is 1. The Balaban J connectivity index is 5.45. The molecule has 7 heteroatoms. The normalized spacial score (nSPS) is 15.4. The molecule has 0 unspecified atom stereocenters. The van der Waals surface area contributed by atoms with Gasteiger partial charge in [0.15, 0.2) is 5.60 Å². The summed E-state index contributed by atoms with van der Waals surface area (Å²) in [5.41, 5.74) is -4.75. The number of esters is 1. The minimum Gasteiger partial charge on any atom is -0.449 e. The predicted octanol–water partition coefficient (Wildman–Crippen LogP) is 1.97. The molecule has 0 heterocycles. The van der Waals surface area contributed by atoms with Crippen molar-refractivity contribution in [2.75, 3.05) is 20.0 Å². The molecule has 0 amide bonds. The first kappa shape index (κ1) is 15.2. The topological polar surface area (TPSA) is 43.4 Å². The van der Waals surface area contributed by atoms with E-state index in [-0.39, 0.29) is 0 Å². The van der Waals surface area contributed by atoms with Crippen molar-refractivity contribution in [2.45, 2.75) is 19.4 Å². The first-order chi connectivity index (χ1) is 7.29. The Labute approximate surface area is 95.9 Å². The highest BCUT2D eigenvalue weighted by molar-refractivity contribution is 6.65. The Bertz CT molecular complexity index is 273. The first-order valence-corrected chi connectivity index (χ1v) is 4.75. The number of carbonyl (C=O) groups is 2. The van der Waals surface area contributed by atoms with Crippen LogP contribution in [0.25, 0.3) is 0 Å². The standard InChI is InChI=1S/C9H12ClF3O3/c1-6(14)16-8(2,7(10)15)9(3-11,4-12)5-13/h3-5H2,1-2H3/t8-/m1/s1. The molecule has 1 atom stereocenters. The van der Waals surface area contributed by atoms with Gasteiger partial charge in [0.05, 0.1) is 0 Å². The number of hydrogen-bond acceptors (Lipinski definition) is 3. The summed E-state index contributed by atoms with van der Waals surface area (Å²) in [5.74, 6) is -0.976. The van der Waals surface area contributed by atoms with E-state index in [0.29, 0.717) is 0 Å². The summed E-state index contributed by atoms with van der Waals surface area (Å²) in [5, 5.41) is -1.32. The van der Waals surface area contributed by atoms with Gasteiger partial charge >= 0.3 is 5.97 Å². The quantitative estimate of drug-likeness (QED) is 0.542. The Morgan fingerprint density at radius 3 is 1.75 bits per heavy atom. The second kappa shape index (κ2) is 5.52. The smallest absolute Gasteiger partial charge is 0.303 e. The Kier molecular flexibility index (Phi) is 5.25. The van der Waals surface area contributed by atoms with Gasteiger partial charge in [-0.15, -0.1) is 0 Å². The second-order valence-electron chi connectivity index (χ2n) is 3.58. The lowest BCUT2D eigenvalue weighted by atomic mass is 9.76. The Morgan fingerprint density at radius 1 is 1.19 bits per heavy atom. The van der Waals surface area contributed by atoms with Crippen molar-refractivity contribution in [2.24, 2.45) is 5.41 Å². The summed E-state index contributed by atoms with van der Waals surface area (Å²) in [4.78, 5) is 21.9. The van der Waals surface area contributed by atoms with Crippen LogP contribution in [-0.4, -0.2) is 36.8 Å². The van der Waals surface area contributed by atoms with Crippen molar-refractivity contribution in [3.63, 3.8) is 0 Å². The lowest BCUT2D eigenvalue weighted by Crippen LogP contribution is -2.57. The van der Waals surface area contributed by atoms with Gasteiger partial charge in [0.2, 0.25) is 0 Å². The lowest BCUT2D eigenvalue weighted by Gasteiger charge is -2.39. The molecule has 0 rings (SSSR count). The third-order valence-electron chi connectivity index (χ3n) is 2.50. The fraction of sp³-hybridized carbons (Fsp3) is 0.778. The van der Waals surface area contributed by atoms with E-state index in [1.165, 1.54) is 0 Å². The lowest BCUT2D eigenvalue weighted by molar-refractivity contribution is -0.181. The Morgan fingerprint density at radius 2 is 1.56 bits per heavy atom. The van der Waals surface area contributed by atoms with Crippen molar-refractivity contribution in [1.29, 1.82) is 0 Å². The minimum atomic E-state index is -2.39. The third-order valence-corrected chi connectivity index (χ3v) is 2.86. The molecule has 0 aromatic heterocycles. The van der Waals surface area contributed by atoms with Crippen LogP contribution >= 0.6 is 11.6 Å². The number of rotatable bonds is 6. The molecule has 0 fully saturated rings. The molecule has 0 radical (unpaired) electrons. The molecule has 0 aliphatic rings. The van der Waals surface area contributed by atoms with Gasteiger partial charge in [-0.1, -0.05) is 0 Å². The van der Waals surface area contributed by atoms with Crippen molar-refractivity contribution in [3.8, 4) is 0 Å². The average Bonchev–Trinajstić information content (AvgIpc) is 2.19. The second-order valence-corrected chi connectivity index (χ2v) is 3.93. The highest BCUT2D eigenvalue weighted by Crippen LogP contribution is 2.38. The van der Waals surface area contributed by atoms with E-state index < -0.39 is 42.3 Å². The largest absolute Gasteiger partial charge is 0.449 e.